The summed E-state index contributed by atoms with van der Waals surface area (Å²) in [6, 6.07) is 8.72. The van der Waals surface area contributed by atoms with Crippen LogP contribution in [0.15, 0.2) is 36.9 Å². The second kappa shape index (κ2) is 7.60. The Balaban J connectivity index is 0.00000169. The molecule has 1 aromatic rings. The summed E-state index contributed by atoms with van der Waals surface area (Å²) in [4.78, 5) is 0. The van der Waals surface area contributed by atoms with Gasteiger partial charge in [0.1, 0.15) is 0 Å². The van der Waals surface area contributed by atoms with Crippen LogP contribution in [0.2, 0.25) is 0 Å². The number of halogens is 1. The van der Waals surface area contributed by atoms with E-state index in [1.807, 2.05) is 6.08 Å². The topological polar surface area (TPSA) is 12.0 Å². The summed E-state index contributed by atoms with van der Waals surface area (Å²) >= 11 is 0. The Hall–Kier alpha value is -0.790. The first-order chi connectivity index (χ1) is 6.36. The van der Waals surface area contributed by atoms with Gasteiger partial charge in [-0.2, -0.15) is 0 Å². The van der Waals surface area contributed by atoms with Gasteiger partial charge in [0.15, 0.2) is 0 Å². The number of benzene rings is 1. The van der Waals surface area contributed by atoms with E-state index in [2.05, 4.69) is 43.1 Å². The molecule has 2 heteroatoms. The van der Waals surface area contributed by atoms with Gasteiger partial charge in [-0.25, -0.2) is 0 Å². The van der Waals surface area contributed by atoms with Gasteiger partial charge in [0.25, 0.3) is 0 Å². The molecule has 0 aliphatic carbocycles. The second-order valence-electron chi connectivity index (χ2n) is 3.09. The van der Waals surface area contributed by atoms with Crippen molar-refractivity contribution < 1.29 is 12.4 Å². The lowest BCUT2D eigenvalue weighted by Crippen LogP contribution is -3.00. The normalized spacial score (nSPS) is 9.21. The molecule has 1 rings (SSSR count). The molecular weight excluding hydrogens is 194 g/mol. The average Bonchev–Trinajstić information content (AvgIpc) is 2.19. The first-order valence-electron chi connectivity index (χ1n) is 4.76. The van der Waals surface area contributed by atoms with Gasteiger partial charge in [-0.3, -0.25) is 0 Å². The van der Waals surface area contributed by atoms with E-state index in [0.717, 1.165) is 19.5 Å². The summed E-state index contributed by atoms with van der Waals surface area (Å²) in [5, 5.41) is 3.27. The van der Waals surface area contributed by atoms with Gasteiger partial charge < -0.3 is 17.7 Å². The molecular formula is C12H17ClN-. The predicted molar refractivity (Wildman–Crippen MR) is 57.7 cm³/mol. The van der Waals surface area contributed by atoms with Crippen molar-refractivity contribution in [2.75, 3.05) is 6.54 Å². The van der Waals surface area contributed by atoms with Crippen LogP contribution in [0.3, 0.4) is 0 Å². The van der Waals surface area contributed by atoms with Crippen LogP contribution < -0.4 is 17.7 Å². The lowest BCUT2D eigenvalue weighted by Gasteiger charge is -2.02. The molecule has 0 spiro atoms. The van der Waals surface area contributed by atoms with Gasteiger partial charge in [0, 0.05) is 13.1 Å². The van der Waals surface area contributed by atoms with Gasteiger partial charge in [0.2, 0.25) is 0 Å². The van der Waals surface area contributed by atoms with Crippen LogP contribution in [0.1, 0.15) is 18.1 Å². The Labute approximate surface area is 92.6 Å². The lowest BCUT2D eigenvalue weighted by molar-refractivity contribution is -0.00000277. The molecule has 0 fully saturated rings. The Morgan fingerprint density at radius 2 is 1.79 bits per heavy atom. The molecule has 0 aromatic heterocycles. The highest BCUT2D eigenvalue weighted by Crippen LogP contribution is 2.04. The lowest BCUT2D eigenvalue weighted by atomic mass is 10.1. The van der Waals surface area contributed by atoms with Crippen LogP contribution in [-0.2, 0) is 13.0 Å². The molecule has 0 unspecified atom stereocenters. The summed E-state index contributed by atoms with van der Waals surface area (Å²) in [7, 11) is 0. The summed E-state index contributed by atoms with van der Waals surface area (Å²) in [5.41, 5.74) is 2.73. The van der Waals surface area contributed by atoms with E-state index in [4.69, 9.17) is 0 Å². The monoisotopic (exact) mass is 210 g/mol. The SMILES string of the molecule is C=CCNCc1ccc(CC)cc1.[Cl-]. The van der Waals surface area contributed by atoms with Gasteiger partial charge in [-0.1, -0.05) is 37.3 Å². The van der Waals surface area contributed by atoms with E-state index in [1.165, 1.54) is 11.1 Å². The zero-order valence-corrected chi connectivity index (χ0v) is 9.35. The molecule has 0 atom stereocenters. The molecule has 0 heterocycles. The summed E-state index contributed by atoms with van der Waals surface area (Å²) < 4.78 is 0. The molecule has 0 saturated carbocycles. The third-order valence-electron chi connectivity index (χ3n) is 2.05. The zero-order chi connectivity index (χ0) is 9.52. The molecule has 78 valence electrons. The van der Waals surface area contributed by atoms with Crippen LogP contribution >= 0.6 is 0 Å². The molecule has 0 amide bonds. The van der Waals surface area contributed by atoms with Gasteiger partial charge in [0.05, 0.1) is 0 Å². The third-order valence-corrected chi connectivity index (χ3v) is 2.05. The highest BCUT2D eigenvalue weighted by molar-refractivity contribution is 5.22. The zero-order valence-electron chi connectivity index (χ0n) is 8.59. The first kappa shape index (κ1) is 13.2. The number of aryl methyl sites for hydroxylation is 1. The van der Waals surface area contributed by atoms with Gasteiger partial charge in [-0.05, 0) is 17.5 Å². The maximum absolute atomic E-state index is 3.66. The first-order valence-corrected chi connectivity index (χ1v) is 4.76. The summed E-state index contributed by atoms with van der Waals surface area (Å²) in [5.74, 6) is 0. The van der Waals surface area contributed by atoms with Crippen molar-refractivity contribution in [2.45, 2.75) is 19.9 Å². The van der Waals surface area contributed by atoms with E-state index >= 15 is 0 Å². The molecule has 0 aliphatic rings. The molecule has 0 saturated heterocycles. The maximum atomic E-state index is 3.66. The predicted octanol–water partition coefficient (Wildman–Crippen LogP) is -0.471. The van der Waals surface area contributed by atoms with Crippen LogP contribution in [0.5, 0.6) is 0 Å². The van der Waals surface area contributed by atoms with Crippen molar-refractivity contribution in [3.8, 4) is 0 Å². The highest BCUT2D eigenvalue weighted by Gasteiger charge is 1.91. The minimum Gasteiger partial charge on any atom is -1.00 e. The van der Waals surface area contributed by atoms with Crippen molar-refractivity contribution in [1.82, 2.24) is 5.32 Å². The number of nitrogens with one attached hydrogen (secondary N) is 1. The van der Waals surface area contributed by atoms with E-state index < -0.39 is 0 Å². The minimum atomic E-state index is 0. The molecule has 0 bridgehead atoms. The molecule has 1 aromatic carbocycles. The second-order valence-corrected chi connectivity index (χ2v) is 3.09. The van der Waals surface area contributed by atoms with Gasteiger partial charge >= 0.3 is 0 Å². The molecule has 0 aliphatic heterocycles. The Morgan fingerprint density at radius 1 is 1.21 bits per heavy atom. The number of rotatable bonds is 5. The maximum Gasteiger partial charge on any atom is 0.0208 e. The van der Waals surface area contributed by atoms with E-state index in [-0.39, 0.29) is 12.4 Å². The van der Waals surface area contributed by atoms with Crippen molar-refractivity contribution in [1.29, 1.82) is 0 Å². The fourth-order valence-corrected chi connectivity index (χ4v) is 1.21. The molecule has 1 nitrogen and oxygen atoms in total. The van der Waals surface area contributed by atoms with Crippen molar-refractivity contribution in [2.24, 2.45) is 0 Å². The standard InChI is InChI=1S/C12H17N.ClH/c1-3-9-13-10-12-7-5-11(4-2)6-8-12;/h3,5-8,13H,1,4,9-10H2,2H3;1H/p-1. The van der Waals surface area contributed by atoms with E-state index in [1.54, 1.807) is 0 Å². The largest absolute Gasteiger partial charge is 1.00 e. The fourth-order valence-electron chi connectivity index (χ4n) is 1.21. The van der Waals surface area contributed by atoms with Crippen molar-refractivity contribution >= 4 is 0 Å². The van der Waals surface area contributed by atoms with Crippen molar-refractivity contribution in [3.05, 3.63) is 48.0 Å². The van der Waals surface area contributed by atoms with E-state index in [0.29, 0.717) is 0 Å². The Kier molecular flexibility index (Phi) is 7.17. The van der Waals surface area contributed by atoms with Crippen LogP contribution in [0.4, 0.5) is 0 Å². The Bertz CT molecular complexity index is 254. The van der Waals surface area contributed by atoms with Crippen molar-refractivity contribution in [3.63, 3.8) is 0 Å². The Morgan fingerprint density at radius 3 is 2.29 bits per heavy atom. The molecule has 1 N–H and O–H groups in total. The van der Waals surface area contributed by atoms with Crippen LogP contribution in [0.25, 0.3) is 0 Å². The quantitative estimate of drug-likeness (QED) is 0.512. The van der Waals surface area contributed by atoms with Crippen LogP contribution in [0, 0.1) is 0 Å². The van der Waals surface area contributed by atoms with Crippen LogP contribution in [-0.4, -0.2) is 6.54 Å². The number of hydrogen-bond donors (Lipinski definition) is 1. The van der Waals surface area contributed by atoms with Gasteiger partial charge in [-0.15, -0.1) is 6.58 Å². The summed E-state index contributed by atoms with van der Waals surface area (Å²) in [6.07, 6.45) is 2.99. The smallest absolute Gasteiger partial charge is 0.0208 e. The summed E-state index contributed by atoms with van der Waals surface area (Å²) in [6.45, 7) is 7.63. The molecule has 14 heavy (non-hydrogen) atoms. The fraction of sp³-hybridized carbons (Fsp3) is 0.333. The average molecular weight is 211 g/mol. The minimum absolute atomic E-state index is 0. The highest BCUT2D eigenvalue weighted by atomic mass is 35.5. The van der Waals surface area contributed by atoms with E-state index in [9.17, 15) is 0 Å². The number of hydrogen-bond acceptors (Lipinski definition) is 1. The third kappa shape index (κ3) is 4.45. The molecule has 0 radical (unpaired) electrons.